The first-order valence-corrected chi connectivity index (χ1v) is 10.4. The molecular weight excluding hydrogens is 491 g/mol. The molecule has 3 amide bonds. The van der Waals surface area contributed by atoms with Gasteiger partial charge < -0.3 is 5.32 Å². The zero-order valence-corrected chi connectivity index (χ0v) is 18.1. The second-order valence-corrected chi connectivity index (χ2v) is 7.90. The van der Waals surface area contributed by atoms with Gasteiger partial charge in [-0.1, -0.05) is 11.6 Å². The van der Waals surface area contributed by atoms with Crippen molar-refractivity contribution in [2.45, 2.75) is 19.1 Å². The molecule has 2 heterocycles. The molecule has 0 fully saturated rings. The molecule has 0 unspecified atom stereocenters. The smallest absolute Gasteiger partial charge is 0.329 e. The maximum Gasteiger partial charge on any atom is 0.472 e. The van der Waals surface area contributed by atoms with Crippen LogP contribution in [-0.4, -0.2) is 23.1 Å². The summed E-state index contributed by atoms with van der Waals surface area (Å²) in [5.41, 5.74) is 3.72. The first-order chi connectivity index (χ1) is 15.5. The number of carbonyl (C=O) groups is 2. The molecule has 1 aromatic carbocycles. The molecule has 3 N–H and O–H groups in total. The largest absolute Gasteiger partial charge is 0.472 e. The van der Waals surface area contributed by atoms with Gasteiger partial charge in [-0.05, 0) is 53.1 Å². The maximum atomic E-state index is 14.8. The van der Waals surface area contributed by atoms with E-state index in [2.05, 4.69) is 10.3 Å². The molecular formula is C20H14ClF5N4O2S. The van der Waals surface area contributed by atoms with Gasteiger partial charge in [-0.3, -0.25) is 15.2 Å². The number of hydrogen-bond acceptors (Lipinski definition) is 4. The highest BCUT2D eigenvalue weighted by atomic mass is 35.5. The van der Waals surface area contributed by atoms with Crippen molar-refractivity contribution in [3.63, 3.8) is 0 Å². The van der Waals surface area contributed by atoms with Crippen LogP contribution in [0.2, 0.25) is 5.02 Å². The van der Waals surface area contributed by atoms with Crippen molar-refractivity contribution in [2.24, 2.45) is 0 Å². The van der Waals surface area contributed by atoms with E-state index >= 15 is 0 Å². The van der Waals surface area contributed by atoms with Gasteiger partial charge in [0, 0.05) is 22.3 Å². The Kier molecular flexibility index (Phi) is 7.18. The molecule has 0 saturated carbocycles. The lowest BCUT2D eigenvalue weighted by Crippen LogP contribution is -2.51. The van der Waals surface area contributed by atoms with Gasteiger partial charge in [-0.25, -0.2) is 19.0 Å². The third-order valence-corrected chi connectivity index (χ3v) is 5.25. The van der Waals surface area contributed by atoms with Crippen molar-refractivity contribution >= 4 is 34.9 Å². The fraction of sp³-hybridized carbons (Fsp3) is 0.150. The van der Waals surface area contributed by atoms with Crippen LogP contribution in [0.1, 0.15) is 18.7 Å². The first-order valence-electron chi connectivity index (χ1n) is 9.08. The molecule has 0 aliphatic carbocycles. The van der Waals surface area contributed by atoms with Crippen LogP contribution in [0.5, 0.6) is 0 Å². The summed E-state index contributed by atoms with van der Waals surface area (Å²) in [6.07, 6.45) is -3.94. The lowest BCUT2D eigenvalue weighted by molar-refractivity contribution is -0.174. The normalized spacial score (nSPS) is 12.2. The summed E-state index contributed by atoms with van der Waals surface area (Å²) in [6, 6.07) is 3.06. The molecule has 6 nitrogen and oxygen atoms in total. The number of amides is 3. The predicted molar refractivity (Wildman–Crippen MR) is 112 cm³/mol. The van der Waals surface area contributed by atoms with Gasteiger partial charge in [0.2, 0.25) is 0 Å². The maximum absolute atomic E-state index is 14.8. The molecule has 13 heteroatoms. The minimum atomic E-state index is -5.19. The van der Waals surface area contributed by atoms with Gasteiger partial charge in [0.25, 0.3) is 0 Å². The van der Waals surface area contributed by atoms with E-state index in [-0.39, 0.29) is 21.8 Å². The summed E-state index contributed by atoms with van der Waals surface area (Å²) in [5.74, 6) is -3.85. The van der Waals surface area contributed by atoms with Gasteiger partial charge in [-0.2, -0.15) is 24.5 Å². The van der Waals surface area contributed by atoms with Crippen LogP contribution in [-0.2, 0) is 4.79 Å². The summed E-state index contributed by atoms with van der Waals surface area (Å²) >= 11 is 7.34. The number of urea groups is 1. The molecule has 1 atom stereocenters. The lowest BCUT2D eigenvalue weighted by atomic mass is 9.96. The fourth-order valence-electron chi connectivity index (χ4n) is 2.90. The second kappa shape index (κ2) is 9.71. The number of rotatable bonds is 4. The number of thiophene rings is 1. The third kappa shape index (κ3) is 5.76. The molecule has 0 radical (unpaired) electrons. The molecule has 174 valence electrons. The highest BCUT2D eigenvalue weighted by Crippen LogP contribution is 2.38. The molecule has 0 aliphatic heterocycles. The number of pyridine rings is 1. The summed E-state index contributed by atoms with van der Waals surface area (Å²) in [6.45, 7) is 1.33. The summed E-state index contributed by atoms with van der Waals surface area (Å²) < 4.78 is 65.9. The van der Waals surface area contributed by atoms with E-state index in [9.17, 15) is 31.5 Å². The topological polar surface area (TPSA) is 83.1 Å². The SMILES string of the molecule is C[C@@H](NC(=O)NNC(=O)C(F)(F)F)c1ncc(-c2cc(Cl)cc(F)c2-c2ccsc2)cc1F. The predicted octanol–water partition coefficient (Wildman–Crippen LogP) is 5.36. The number of nitrogens with one attached hydrogen (secondary N) is 3. The van der Waals surface area contributed by atoms with E-state index in [4.69, 9.17) is 11.6 Å². The van der Waals surface area contributed by atoms with Crippen LogP contribution in [0.15, 0.2) is 41.2 Å². The van der Waals surface area contributed by atoms with E-state index in [1.165, 1.54) is 41.4 Å². The number of benzene rings is 1. The molecule has 0 spiro atoms. The third-order valence-electron chi connectivity index (χ3n) is 4.35. The van der Waals surface area contributed by atoms with Crippen molar-refractivity contribution in [1.82, 2.24) is 21.2 Å². The Bertz CT molecular complexity index is 1190. The minimum Gasteiger partial charge on any atom is -0.329 e. The summed E-state index contributed by atoms with van der Waals surface area (Å²) in [7, 11) is 0. The first kappa shape index (κ1) is 24.4. The zero-order valence-electron chi connectivity index (χ0n) is 16.6. The van der Waals surface area contributed by atoms with Crippen LogP contribution in [0.25, 0.3) is 22.3 Å². The monoisotopic (exact) mass is 504 g/mol. The zero-order chi connectivity index (χ0) is 24.3. The average Bonchev–Trinajstić information content (AvgIpc) is 3.24. The number of aromatic nitrogens is 1. The number of hydrazine groups is 1. The second-order valence-electron chi connectivity index (χ2n) is 6.69. The number of hydrogen-bond donors (Lipinski definition) is 3. The van der Waals surface area contributed by atoms with Crippen LogP contribution in [0.4, 0.5) is 26.7 Å². The highest BCUT2D eigenvalue weighted by Gasteiger charge is 2.39. The Balaban J connectivity index is 1.81. The van der Waals surface area contributed by atoms with Crippen molar-refractivity contribution in [2.75, 3.05) is 0 Å². The Morgan fingerprint density at radius 1 is 1.09 bits per heavy atom. The van der Waals surface area contributed by atoms with Crippen molar-refractivity contribution in [3.05, 3.63) is 63.6 Å². The Labute approximate surface area is 192 Å². The molecule has 3 rings (SSSR count). The van der Waals surface area contributed by atoms with Gasteiger partial charge in [-0.15, -0.1) is 0 Å². The van der Waals surface area contributed by atoms with Gasteiger partial charge >= 0.3 is 18.1 Å². The van der Waals surface area contributed by atoms with E-state index in [0.717, 1.165) is 12.1 Å². The fourth-order valence-corrected chi connectivity index (χ4v) is 3.75. The molecule has 0 saturated heterocycles. The Morgan fingerprint density at radius 3 is 2.42 bits per heavy atom. The van der Waals surface area contributed by atoms with Crippen molar-refractivity contribution in [3.8, 4) is 22.3 Å². The minimum absolute atomic E-state index is 0.0959. The van der Waals surface area contributed by atoms with E-state index < -0.39 is 35.8 Å². The average molecular weight is 505 g/mol. The standard InChI is InChI=1S/C20H14ClF5N4O2S/c1-9(28-19(32)30-29-18(31)20(24,25)26)17-15(23)4-11(7-27-17)13-5-12(21)6-14(22)16(13)10-2-3-33-8-10/h2-9H,1H3,(H,29,31)(H2,28,30,32)/t9-/m1/s1. The molecule has 3 aromatic rings. The van der Waals surface area contributed by atoms with Crippen molar-refractivity contribution < 1.29 is 31.5 Å². The number of carbonyl (C=O) groups excluding carboxylic acids is 2. The van der Waals surface area contributed by atoms with Crippen LogP contribution < -0.4 is 16.2 Å². The van der Waals surface area contributed by atoms with Gasteiger partial charge in [0.15, 0.2) is 0 Å². The van der Waals surface area contributed by atoms with Gasteiger partial charge in [0.05, 0.1) is 11.7 Å². The number of nitrogens with zero attached hydrogens (tertiary/aromatic N) is 1. The van der Waals surface area contributed by atoms with Gasteiger partial charge in [0.1, 0.15) is 11.6 Å². The molecule has 0 bridgehead atoms. The Morgan fingerprint density at radius 2 is 1.82 bits per heavy atom. The number of alkyl halides is 3. The van der Waals surface area contributed by atoms with Crippen molar-refractivity contribution in [1.29, 1.82) is 0 Å². The summed E-state index contributed by atoms with van der Waals surface area (Å²) in [4.78, 5) is 26.4. The number of halogens is 6. The quantitative estimate of drug-likeness (QED) is 0.330. The van der Waals surface area contributed by atoms with E-state index in [1.807, 2.05) is 0 Å². The molecule has 33 heavy (non-hydrogen) atoms. The summed E-state index contributed by atoms with van der Waals surface area (Å²) in [5, 5.41) is 5.71. The molecule has 2 aromatic heterocycles. The van der Waals surface area contributed by atoms with E-state index in [1.54, 1.807) is 16.8 Å². The van der Waals surface area contributed by atoms with Crippen LogP contribution >= 0.6 is 22.9 Å². The van der Waals surface area contributed by atoms with E-state index in [0.29, 0.717) is 11.1 Å². The lowest BCUT2D eigenvalue weighted by Gasteiger charge is -2.17. The highest BCUT2D eigenvalue weighted by molar-refractivity contribution is 7.08. The molecule has 0 aliphatic rings. The van der Waals surface area contributed by atoms with Crippen LogP contribution in [0, 0.1) is 11.6 Å². The Hall–Kier alpha value is -3.25. The van der Waals surface area contributed by atoms with Crippen LogP contribution in [0.3, 0.4) is 0 Å².